The van der Waals surface area contributed by atoms with E-state index in [1.807, 2.05) is 6.92 Å². The monoisotopic (exact) mass is 267 g/mol. The van der Waals surface area contributed by atoms with Gasteiger partial charge in [0.2, 0.25) is 0 Å². The molecule has 1 aromatic rings. The highest BCUT2D eigenvalue weighted by Gasteiger charge is 2.13. The molecule has 1 aromatic heterocycles. The third-order valence-electron chi connectivity index (χ3n) is 3.39. The lowest BCUT2D eigenvalue weighted by molar-refractivity contribution is 0.0689. The molecule has 0 bridgehead atoms. The van der Waals surface area contributed by atoms with Crippen molar-refractivity contribution in [2.75, 3.05) is 26.3 Å². The van der Waals surface area contributed by atoms with E-state index in [-0.39, 0.29) is 5.69 Å². The Morgan fingerprint density at radius 1 is 1.68 bits per heavy atom. The van der Waals surface area contributed by atoms with Crippen LogP contribution in [-0.4, -0.2) is 47.2 Å². The Bertz CT molecular complexity index is 423. The number of nitrogens with zero attached hydrogens (tertiary/aromatic N) is 2. The number of carboxylic acid groups (broad SMARTS) is 1. The molecule has 19 heavy (non-hydrogen) atoms. The number of aryl methyl sites for hydroxylation is 2. The second kappa shape index (κ2) is 6.68. The number of rotatable bonds is 5. The van der Waals surface area contributed by atoms with E-state index in [1.165, 1.54) is 0 Å². The zero-order valence-electron chi connectivity index (χ0n) is 11.3. The standard InChI is InChI=1S/C13H21N3O3/c1-10-7-12(13(17)18)15-16(10)5-2-3-11-8-14-4-6-19-9-11/h7,11,14H,2-6,8-9H2,1H3,(H,17,18). The fourth-order valence-electron chi connectivity index (χ4n) is 2.32. The van der Waals surface area contributed by atoms with Gasteiger partial charge in [-0.15, -0.1) is 0 Å². The molecule has 0 amide bonds. The molecule has 1 aliphatic rings. The van der Waals surface area contributed by atoms with E-state index in [0.717, 1.165) is 51.4 Å². The first-order valence-corrected chi connectivity index (χ1v) is 6.73. The summed E-state index contributed by atoms with van der Waals surface area (Å²) in [6.45, 7) is 6.17. The van der Waals surface area contributed by atoms with Crippen LogP contribution in [0.2, 0.25) is 0 Å². The van der Waals surface area contributed by atoms with Crippen molar-refractivity contribution in [2.45, 2.75) is 26.3 Å². The molecule has 2 rings (SSSR count). The lowest BCUT2D eigenvalue weighted by atomic mass is 10.0. The predicted octanol–water partition coefficient (Wildman–Crippen LogP) is 0.906. The first-order valence-electron chi connectivity index (χ1n) is 6.73. The quantitative estimate of drug-likeness (QED) is 0.829. The molecule has 0 aliphatic carbocycles. The van der Waals surface area contributed by atoms with Crippen LogP contribution in [0.4, 0.5) is 0 Å². The molecule has 1 atom stereocenters. The summed E-state index contributed by atoms with van der Waals surface area (Å²) in [6, 6.07) is 1.61. The number of ether oxygens (including phenoxy) is 1. The Balaban J connectivity index is 1.80. The van der Waals surface area contributed by atoms with Gasteiger partial charge in [-0.3, -0.25) is 4.68 Å². The molecule has 1 unspecified atom stereocenters. The highest BCUT2D eigenvalue weighted by atomic mass is 16.5. The Morgan fingerprint density at radius 3 is 3.26 bits per heavy atom. The lowest BCUT2D eigenvalue weighted by Gasteiger charge is -2.13. The second-order valence-electron chi connectivity index (χ2n) is 4.99. The van der Waals surface area contributed by atoms with Crippen LogP contribution in [0.25, 0.3) is 0 Å². The minimum Gasteiger partial charge on any atom is -0.476 e. The van der Waals surface area contributed by atoms with E-state index in [0.29, 0.717) is 5.92 Å². The zero-order valence-corrected chi connectivity index (χ0v) is 11.3. The largest absolute Gasteiger partial charge is 0.476 e. The van der Waals surface area contributed by atoms with Gasteiger partial charge in [0.1, 0.15) is 0 Å². The fourth-order valence-corrected chi connectivity index (χ4v) is 2.32. The highest BCUT2D eigenvalue weighted by Crippen LogP contribution is 2.11. The first kappa shape index (κ1) is 14.0. The van der Waals surface area contributed by atoms with Crippen molar-refractivity contribution < 1.29 is 14.6 Å². The molecule has 0 radical (unpaired) electrons. The van der Waals surface area contributed by atoms with Crippen molar-refractivity contribution in [3.05, 3.63) is 17.5 Å². The maximum atomic E-state index is 10.8. The van der Waals surface area contributed by atoms with Gasteiger partial charge in [-0.05, 0) is 31.7 Å². The van der Waals surface area contributed by atoms with Gasteiger partial charge in [0, 0.05) is 25.3 Å². The van der Waals surface area contributed by atoms with Crippen LogP contribution in [0, 0.1) is 12.8 Å². The third kappa shape index (κ3) is 4.04. The van der Waals surface area contributed by atoms with Gasteiger partial charge in [0.05, 0.1) is 13.2 Å². The van der Waals surface area contributed by atoms with Crippen molar-refractivity contribution in [3.63, 3.8) is 0 Å². The van der Waals surface area contributed by atoms with Crippen LogP contribution in [0.1, 0.15) is 29.0 Å². The van der Waals surface area contributed by atoms with Crippen molar-refractivity contribution in [2.24, 2.45) is 5.92 Å². The SMILES string of the molecule is Cc1cc(C(=O)O)nn1CCCC1CNCCOC1. The van der Waals surface area contributed by atoms with Gasteiger partial charge in [-0.2, -0.15) is 5.10 Å². The van der Waals surface area contributed by atoms with Gasteiger partial charge in [-0.25, -0.2) is 4.79 Å². The molecule has 0 aromatic carbocycles. The third-order valence-corrected chi connectivity index (χ3v) is 3.39. The molecule has 1 saturated heterocycles. The van der Waals surface area contributed by atoms with Crippen molar-refractivity contribution in [1.29, 1.82) is 0 Å². The number of hydrogen-bond donors (Lipinski definition) is 2. The molecule has 0 saturated carbocycles. The number of aromatic carboxylic acids is 1. The van der Waals surface area contributed by atoms with Crippen LogP contribution < -0.4 is 5.32 Å². The molecule has 1 fully saturated rings. The maximum Gasteiger partial charge on any atom is 0.356 e. The molecule has 106 valence electrons. The summed E-state index contributed by atoms with van der Waals surface area (Å²) >= 11 is 0. The van der Waals surface area contributed by atoms with Crippen molar-refractivity contribution in [1.82, 2.24) is 15.1 Å². The number of aromatic nitrogens is 2. The summed E-state index contributed by atoms with van der Waals surface area (Å²) in [4.78, 5) is 10.8. The minimum atomic E-state index is -0.969. The summed E-state index contributed by atoms with van der Waals surface area (Å²) in [5, 5.41) is 16.3. The molecule has 6 nitrogen and oxygen atoms in total. The molecular formula is C13H21N3O3. The average Bonchev–Trinajstić information content (AvgIpc) is 2.60. The summed E-state index contributed by atoms with van der Waals surface area (Å²) in [7, 11) is 0. The number of carboxylic acids is 1. The molecular weight excluding hydrogens is 246 g/mol. The molecule has 2 heterocycles. The molecule has 1 aliphatic heterocycles. The summed E-state index contributed by atoms with van der Waals surface area (Å²) in [6.07, 6.45) is 2.05. The number of nitrogens with one attached hydrogen (secondary N) is 1. The van der Waals surface area contributed by atoms with Crippen LogP contribution >= 0.6 is 0 Å². The summed E-state index contributed by atoms with van der Waals surface area (Å²) in [5.41, 5.74) is 1.02. The first-order chi connectivity index (χ1) is 9.16. The molecule has 2 N–H and O–H groups in total. The van der Waals surface area contributed by atoms with E-state index in [9.17, 15) is 4.79 Å². The number of carbonyl (C=O) groups is 1. The Labute approximate surface area is 112 Å². The van der Waals surface area contributed by atoms with Gasteiger partial charge < -0.3 is 15.2 Å². The van der Waals surface area contributed by atoms with Gasteiger partial charge in [-0.1, -0.05) is 0 Å². The Morgan fingerprint density at radius 2 is 2.53 bits per heavy atom. The van der Waals surface area contributed by atoms with Gasteiger partial charge in [0.25, 0.3) is 0 Å². The molecule has 6 heteroatoms. The van der Waals surface area contributed by atoms with E-state index >= 15 is 0 Å². The fraction of sp³-hybridized carbons (Fsp3) is 0.692. The minimum absolute atomic E-state index is 0.122. The number of hydrogen-bond acceptors (Lipinski definition) is 4. The van der Waals surface area contributed by atoms with E-state index in [2.05, 4.69) is 10.4 Å². The predicted molar refractivity (Wildman–Crippen MR) is 70.3 cm³/mol. The van der Waals surface area contributed by atoms with Crippen LogP contribution in [0.3, 0.4) is 0 Å². The zero-order chi connectivity index (χ0) is 13.7. The van der Waals surface area contributed by atoms with E-state index in [4.69, 9.17) is 9.84 Å². The summed E-state index contributed by atoms with van der Waals surface area (Å²) < 4.78 is 7.28. The van der Waals surface area contributed by atoms with Gasteiger partial charge >= 0.3 is 5.97 Å². The van der Waals surface area contributed by atoms with Crippen LogP contribution in [-0.2, 0) is 11.3 Å². The van der Waals surface area contributed by atoms with Crippen molar-refractivity contribution in [3.8, 4) is 0 Å². The maximum absolute atomic E-state index is 10.8. The van der Waals surface area contributed by atoms with E-state index < -0.39 is 5.97 Å². The Kier molecular flexibility index (Phi) is 4.93. The lowest BCUT2D eigenvalue weighted by Crippen LogP contribution is -2.23. The Hall–Kier alpha value is -1.40. The van der Waals surface area contributed by atoms with E-state index in [1.54, 1.807) is 10.7 Å². The average molecular weight is 267 g/mol. The normalized spacial score (nSPS) is 20.2. The van der Waals surface area contributed by atoms with Gasteiger partial charge in [0.15, 0.2) is 5.69 Å². The molecule has 0 spiro atoms. The topological polar surface area (TPSA) is 76.4 Å². The van der Waals surface area contributed by atoms with Crippen LogP contribution in [0.15, 0.2) is 6.07 Å². The highest BCUT2D eigenvalue weighted by molar-refractivity contribution is 5.85. The smallest absolute Gasteiger partial charge is 0.356 e. The summed E-state index contributed by atoms with van der Waals surface area (Å²) in [5.74, 6) is -0.430. The second-order valence-corrected chi connectivity index (χ2v) is 4.99. The van der Waals surface area contributed by atoms with Crippen molar-refractivity contribution >= 4 is 5.97 Å². The van der Waals surface area contributed by atoms with Crippen LogP contribution in [0.5, 0.6) is 0 Å².